The molecular formula is C14H24N6O2S. The fourth-order valence-electron chi connectivity index (χ4n) is 3.18. The Hall–Kier alpha value is -1.32. The molecule has 128 valence electrons. The molecule has 3 heterocycles. The Labute approximate surface area is 139 Å². The summed E-state index contributed by atoms with van der Waals surface area (Å²) >= 11 is 1.29. The van der Waals surface area contributed by atoms with Crippen molar-refractivity contribution in [2.45, 2.75) is 42.9 Å². The van der Waals surface area contributed by atoms with Gasteiger partial charge in [-0.3, -0.25) is 4.79 Å². The zero-order valence-electron chi connectivity index (χ0n) is 13.2. The van der Waals surface area contributed by atoms with Gasteiger partial charge in [0, 0.05) is 38.4 Å². The van der Waals surface area contributed by atoms with E-state index in [1.165, 1.54) is 11.8 Å². The van der Waals surface area contributed by atoms with Gasteiger partial charge >= 0.3 is 0 Å². The molecule has 0 aromatic carbocycles. The lowest BCUT2D eigenvalue weighted by Crippen LogP contribution is -2.49. The summed E-state index contributed by atoms with van der Waals surface area (Å²) in [6.45, 7) is 3.87. The number of anilines is 1. The summed E-state index contributed by atoms with van der Waals surface area (Å²) in [5.74, 6) is 0.619. The Kier molecular flexibility index (Phi) is 5.74. The molecule has 0 spiro atoms. The molecule has 1 amide bonds. The van der Waals surface area contributed by atoms with Gasteiger partial charge in [-0.25, -0.2) is 5.10 Å². The number of aromatic nitrogens is 3. The molecule has 9 heteroatoms. The number of likely N-dealkylation sites (tertiary alicyclic amines) is 1. The number of rotatable bonds is 5. The number of carbonyl (C=O) groups is 1. The number of amides is 1. The van der Waals surface area contributed by atoms with E-state index in [1.54, 1.807) is 0 Å². The van der Waals surface area contributed by atoms with Gasteiger partial charge < -0.3 is 20.7 Å². The first kappa shape index (κ1) is 16.5. The predicted molar refractivity (Wildman–Crippen MR) is 88.1 cm³/mol. The van der Waals surface area contributed by atoms with E-state index in [1.807, 2.05) is 0 Å². The van der Waals surface area contributed by atoms with Crippen LogP contribution in [0.15, 0.2) is 5.16 Å². The topological polar surface area (TPSA) is 109 Å². The van der Waals surface area contributed by atoms with Crippen LogP contribution in [0.1, 0.15) is 25.7 Å². The maximum atomic E-state index is 12.0. The maximum absolute atomic E-state index is 12.0. The van der Waals surface area contributed by atoms with E-state index in [0.717, 1.165) is 52.0 Å². The monoisotopic (exact) mass is 340 g/mol. The number of nitrogens with two attached hydrogens (primary N) is 1. The summed E-state index contributed by atoms with van der Waals surface area (Å²) < 4.78 is 5.42. The van der Waals surface area contributed by atoms with Crippen molar-refractivity contribution in [3.8, 4) is 0 Å². The molecule has 1 aromatic heterocycles. The van der Waals surface area contributed by atoms with Gasteiger partial charge in [-0.15, -0.1) is 5.10 Å². The number of ether oxygens (including phenoxy) is 1. The lowest BCUT2D eigenvalue weighted by molar-refractivity contribution is -0.119. The molecule has 0 aliphatic carbocycles. The SMILES string of the molecule is Nc1nc(SCC(=O)NC2CCN(C3CCOCC3)CC2)n[nH]1. The second kappa shape index (κ2) is 7.98. The van der Waals surface area contributed by atoms with Crippen LogP contribution in [0.5, 0.6) is 0 Å². The minimum atomic E-state index is 0.0305. The number of hydrogen-bond acceptors (Lipinski definition) is 7. The van der Waals surface area contributed by atoms with Gasteiger partial charge in [0.05, 0.1) is 5.75 Å². The number of thioether (sulfide) groups is 1. The second-order valence-electron chi connectivity index (χ2n) is 6.01. The standard InChI is InChI=1S/C14H24N6O2S/c15-13-17-14(19-18-13)23-9-12(21)16-10-1-5-20(6-2-10)11-3-7-22-8-4-11/h10-11H,1-9H2,(H,16,21)(H3,15,17,18,19). The van der Waals surface area contributed by atoms with E-state index in [0.29, 0.717) is 17.0 Å². The van der Waals surface area contributed by atoms with Crippen LogP contribution in [0, 0.1) is 0 Å². The fraction of sp³-hybridized carbons (Fsp3) is 0.786. The minimum Gasteiger partial charge on any atom is -0.381 e. The average molecular weight is 340 g/mol. The molecule has 23 heavy (non-hydrogen) atoms. The van der Waals surface area contributed by atoms with Gasteiger partial charge in [0.25, 0.3) is 0 Å². The lowest BCUT2D eigenvalue weighted by Gasteiger charge is -2.39. The van der Waals surface area contributed by atoms with Crippen molar-refractivity contribution in [2.75, 3.05) is 37.8 Å². The van der Waals surface area contributed by atoms with E-state index >= 15 is 0 Å². The van der Waals surface area contributed by atoms with Crippen LogP contribution in [0.4, 0.5) is 5.95 Å². The Morgan fingerprint density at radius 3 is 2.74 bits per heavy atom. The van der Waals surface area contributed by atoms with E-state index in [9.17, 15) is 4.79 Å². The van der Waals surface area contributed by atoms with Crippen molar-refractivity contribution >= 4 is 23.6 Å². The number of H-pyrrole nitrogens is 1. The number of aromatic amines is 1. The average Bonchev–Trinajstić information content (AvgIpc) is 3.00. The van der Waals surface area contributed by atoms with Gasteiger partial charge in [-0.1, -0.05) is 11.8 Å². The first-order valence-corrected chi connectivity index (χ1v) is 9.11. The van der Waals surface area contributed by atoms with Gasteiger partial charge in [0.1, 0.15) is 0 Å². The normalized spacial score (nSPS) is 21.4. The van der Waals surface area contributed by atoms with Crippen LogP contribution in [-0.4, -0.2) is 70.1 Å². The molecule has 2 aliphatic heterocycles. The summed E-state index contributed by atoms with van der Waals surface area (Å²) in [6.07, 6.45) is 4.30. The molecule has 0 bridgehead atoms. The van der Waals surface area contributed by atoms with Crippen molar-refractivity contribution in [1.29, 1.82) is 0 Å². The highest BCUT2D eigenvalue weighted by molar-refractivity contribution is 7.99. The zero-order valence-corrected chi connectivity index (χ0v) is 14.0. The molecule has 1 aromatic rings. The highest BCUT2D eigenvalue weighted by atomic mass is 32.2. The quantitative estimate of drug-likeness (QED) is 0.659. The zero-order chi connectivity index (χ0) is 16.1. The molecule has 4 N–H and O–H groups in total. The molecule has 0 unspecified atom stereocenters. The van der Waals surface area contributed by atoms with Crippen LogP contribution in [0.25, 0.3) is 0 Å². The molecule has 3 rings (SSSR count). The van der Waals surface area contributed by atoms with E-state index in [2.05, 4.69) is 25.4 Å². The second-order valence-corrected chi connectivity index (χ2v) is 6.96. The van der Waals surface area contributed by atoms with Gasteiger partial charge in [-0.05, 0) is 25.7 Å². The summed E-state index contributed by atoms with van der Waals surface area (Å²) in [4.78, 5) is 18.5. The summed E-state index contributed by atoms with van der Waals surface area (Å²) in [6, 6.07) is 0.934. The molecule has 2 saturated heterocycles. The first-order valence-electron chi connectivity index (χ1n) is 8.12. The predicted octanol–water partition coefficient (Wildman–Crippen LogP) is 0.239. The third-order valence-corrected chi connectivity index (χ3v) is 5.26. The number of nitrogens with zero attached hydrogens (tertiary/aromatic N) is 3. The molecule has 0 saturated carbocycles. The molecule has 2 fully saturated rings. The summed E-state index contributed by atoms with van der Waals surface area (Å²) in [5, 5.41) is 10.1. The van der Waals surface area contributed by atoms with Crippen LogP contribution < -0.4 is 11.1 Å². The fourth-order valence-corrected chi connectivity index (χ4v) is 3.80. The number of hydrogen-bond donors (Lipinski definition) is 3. The van der Waals surface area contributed by atoms with Crippen molar-refractivity contribution in [1.82, 2.24) is 25.4 Å². The van der Waals surface area contributed by atoms with Crippen LogP contribution >= 0.6 is 11.8 Å². The molecule has 8 nitrogen and oxygen atoms in total. The van der Waals surface area contributed by atoms with E-state index < -0.39 is 0 Å². The Morgan fingerprint density at radius 2 is 2.09 bits per heavy atom. The van der Waals surface area contributed by atoms with E-state index in [4.69, 9.17) is 10.5 Å². The molecular weight excluding hydrogens is 316 g/mol. The van der Waals surface area contributed by atoms with Crippen LogP contribution in [0.2, 0.25) is 0 Å². The van der Waals surface area contributed by atoms with Gasteiger partial charge in [0.15, 0.2) is 0 Å². The van der Waals surface area contributed by atoms with Crippen molar-refractivity contribution in [3.63, 3.8) is 0 Å². The first-order chi connectivity index (χ1) is 11.2. The van der Waals surface area contributed by atoms with Gasteiger partial charge in [0.2, 0.25) is 17.0 Å². The number of nitrogens with one attached hydrogen (secondary N) is 2. The number of carbonyl (C=O) groups excluding carboxylic acids is 1. The molecule has 0 atom stereocenters. The molecule has 0 radical (unpaired) electrons. The Bertz CT molecular complexity index is 511. The third-order valence-electron chi connectivity index (χ3n) is 4.42. The minimum absolute atomic E-state index is 0.0305. The van der Waals surface area contributed by atoms with E-state index in [-0.39, 0.29) is 17.9 Å². The highest BCUT2D eigenvalue weighted by Crippen LogP contribution is 2.20. The van der Waals surface area contributed by atoms with Crippen molar-refractivity contribution in [2.24, 2.45) is 0 Å². The largest absolute Gasteiger partial charge is 0.381 e. The van der Waals surface area contributed by atoms with Gasteiger partial charge in [-0.2, -0.15) is 4.98 Å². The Balaban J connectivity index is 1.35. The van der Waals surface area contributed by atoms with Crippen LogP contribution in [0.3, 0.4) is 0 Å². The lowest BCUT2D eigenvalue weighted by atomic mass is 10.00. The Morgan fingerprint density at radius 1 is 1.35 bits per heavy atom. The van der Waals surface area contributed by atoms with Crippen LogP contribution in [-0.2, 0) is 9.53 Å². The highest BCUT2D eigenvalue weighted by Gasteiger charge is 2.27. The van der Waals surface area contributed by atoms with Crippen molar-refractivity contribution < 1.29 is 9.53 Å². The molecule has 2 aliphatic rings. The maximum Gasteiger partial charge on any atom is 0.230 e. The smallest absolute Gasteiger partial charge is 0.230 e. The number of nitrogen functional groups attached to an aromatic ring is 1. The summed E-state index contributed by atoms with van der Waals surface area (Å²) in [7, 11) is 0. The van der Waals surface area contributed by atoms with Crippen molar-refractivity contribution in [3.05, 3.63) is 0 Å². The third kappa shape index (κ3) is 4.82. The number of piperidine rings is 1. The summed E-state index contributed by atoms with van der Waals surface area (Å²) in [5.41, 5.74) is 5.45.